The minimum absolute atomic E-state index is 0.136. The Morgan fingerprint density at radius 3 is 2.55 bits per heavy atom. The van der Waals surface area contributed by atoms with Crippen LogP contribution in [-0.2, 0) is 14.3 Å². The Labute approximate surface area is 120 Å². The second-order valence-corrected chi connectivity index (χ2v) is 6.12. The molecule has 0 bridgehead atoms. The molecule has 0 saturated carbocycles. The van der Waals surface area contributed by atoms with E-state index in [9.17, 15) is 4.79 Å². The summed E-state index contributed by atoms with van der Waals surface area (Å²) in [4.78, 5) is 14.2. The maximum absolute atomic E-state index is 12.3. The van der Waals surface area contributed by atoms with Gasteiger partial charge in [0.2, 0.25) is 5.91 Å². The zero-order valence-corrected chi connectivity index (χ0v) is 12.4. The molecule has 1 amide bonds. The summed E-state index contributed by atoms with van der Waals surface area (Å²) in [7, 11) is 0. The van der Waals surface area contributed by atoms with Crippen LogP contribution < -0.4 is 0 Å². The van der Waals surface area contributed by atoms with Gasteiger partial charge in [0.05, 0.1) is 31.1 Å². The molecular formula is C15H24N2O3. The number of hydrogen-bond acceptors (Lipinski definition) is 4. The first kappa shape index (κ1) is 15.3. The van der Waals surface area contributed by atoms with Gasteiger partial charge in [-0.05, 0) is 33.1 Å². The van der Waals surface area contributed by atoms with Gasteiger partial charge in [-0.1, -0.05) is 0 Å². The Kier molecular flexibility index (Phi) is 5.00. The Balaban J connectivity index is 1.90. The molecule has 5 heteroatoms. The minimum Gasteiger partial charge on any atom is -0.347 e. The van der Waals surface area contributed by atoms with E-state index in [2.05, 4.69) is 6.07 Å². The molecule has 2 aliphatic rings. The van der Waals surface area contributed by atoms with Crippen LogP contribution in [0.1, 0.15) is 52.4 Å². The summed E-state index contributed by atoms with van der Waals surface area (Å²) < 4.78 is 11.5. The molecule has 2 saturated heterocycles. The zero-order valence-electron chi connectivity index (χ0n) is 12.4. The van der Waals surface area contributed by atoms with Crippen molar-refractivity contribution in [3.05, 3.63) is 0 Å². The number of amides is 1. The van der Waals surface area contributed by atoms with E-state index in [1.807, 2.05) is 18.7 Å². The molecule has 0 radical (unpaired) electrons. The molecule has 2 atom stereocenters. The molecule has 0 aliphatic carbocycles. The lowest BCUT2D eigenvalue weighted by atomic mass is 10.0. The van der Waals surface area contributed by atoms with Gasteiger partial charge in [0.25, 0.3) is 0 Å². The maximum atomic E-state index is 12.3. The summed E-state index contributed by atoms with van der Waals surface area (Å²) in [5.41, 5.74) is 0. The van der Waals surface area contributed by atoms with Gasteiger partial charge < -0.3 is 14.4 Å². The van der Waals surface area contributed by atoms with Crippen molar-refractivity contribution < 1.29 is 14.3 Å². The van der Waals surface area contributed by atoms with Crippen molar-refractivity contribution >= 4 is 5.91 Å². The predicted octanol–water partition coefficient (Wildman–Crippen LogP) is 2.21. The zero-order chi connectivity index (χ0) is 14.6. The van der Waals surface area contributed by atoms with E-state index in [0.717, 1.165) is 25.9 Å². The molecule has 0 aromatic carbocycles. The topological polar surface area (TPSA) is 62.6 Å². The first-order valence-electron chi connectivity index (χ1n) is 7.50. The van der Waals surface area contributed by atoms with Gasteiger partial charge >= 0.3 is 0 Å². The monoisotopic (exact) mass is 280 g/mol. The Morgan fingerprint density at radius 2 is 1.90 bits per heavy atom. The van der Waals surface area contributed by atoms with E-state index in [0.29, 0.717) is 19.3 Å². The van der Waals surface area contributed by atoms with Crippen molar-refractivity contribution in [1.29, 1.82) is 5.26 Å². The lowest BCUT2D eigenvalue weighted by Crippen LogP contribution is -2.47. The average Bonchev–Trinajstić information content (AvgIpc) is 2.38. The molecule has 2 rings (SSSR count). The lowest BCUT2D eigenvalue weighted by Gasteiger charge is -2.40. The van der Waals surface area contributed by atoms with Crippen LogP contribution in [0.5, 0.6) is 0 Å². The van der Waals surface area contributed by atoms with E-state index >= 15 is 0 Å². The number of rotatable bonds is 3. The van der Waals surface area contributed by atoms with Crippen LogP contribution in [0.15, 0.2) is 0 Å². The van der Waals surface area contributed by atoms with Crippen LogP contribution in [0, 0.1) is 11.3 Å². The number of carbonyl (C=O) groups is 1. The van der Waals surface area contributed by atoms with Crippen LogP contribution in [0.4, 0.5) is 0 Å². The number of hydrogen-bond donors (Lipinski definition) is 0. The smallest absolute Gasteiger partial charge is 0.225 e. The molecule has 2 unspecified atom stereocenters. The van der Waals surface area contributed by atoms with Gasteiger partial charge in [-0.2, -0.15) is 5.26 Å². The van der Waals surface area contributed by atoms with Gasteiger partial charge in [-0.15, -0.1) is 0 Å². The van der Waals surface area contributed by atoms with Crippen LogP contribution in [-0.4, -0.2) is 41.9 Å². The van der Waals surface area contributed by atoms with E-state index < -0.39 is 5.79 Å². The third-order valence-electron chi connectivity index (χ3n) is 3.86. The summed E-state index contributed by atoms with van der Waals surface area (Å²) >= 11 is 0. The van der Waals surface area contributed by atoms with Crippen LogP contribution in [0.25, 0.3) is 0 Å². The number of ether oxygens (including phenoxy) is 2. The summed E-state index contributed by atoms with van der Waals surface area (Å²) in [5, 5.41) is 8.81. The van der Waals surface area contributed by atoms with Crippen molar-refractivity contribution in [2.75, 3.05) is 13.1 Å². The molecule has 2 aliphatic heterocycles. The highest BCUT2D eigenvalue weighted by Crippen LogP contribution is 2.30. The largest absolute Gasteiger partial charge is 0.347 e. The third kappa shape index (κ3) is 4.19. The fourth-order valence-corrected chi connectivity index (χ4v) is 3.04. The van der Waals surface area contributed by atoms with Gasteiger partial charge in [-0.3, -0.25) is 4.79 Å². The number of nitrogens with zero attached hydrogens (tertiary/aromatic N) is 2. The van der Waals surface area contributed by atoms with Gasteiger partial charge in [0.15, 0.2) is 5.79 Å². The first-order chi connectivity index (χ1) is 9.50. The third-order valence-corrected chi connectivity index (χ3v) is 3.86. The molecule has 2 fully saturated rings. The number of likely N-dealkylation sites (tertiary alicyclic amines) is 1. The fraction of sp³-hybridized carbons (Fsp3) is 0.867. The van der Waals surface area contributed by atoms with Crippen LogP contribution in [0.2, 0.25) is 0 Å². The normalized spacial score (nSPS) is 29.8. The van der Waals surface area contributed by atoms with E-state index in [4.69, 9.17) is 14.7 Å². The summed E-state index contributed by atoms with van der Waals surface area (Å²) in [6, 6.07) is 2.14. The molecule has 0 spiro atoms. The summed E-state index contributed by atoms with van der Waals surface area (Å²) in [5.74, 6) is -0.546. The van der Waals surface area contributed by atoms with Crippen LogP contribution >= 0.6 is 0 Å². The molecule has 0 N–H and O–H groups in total. The van der Waals surface area contributed by atoms with Gasteiger partial charge in [0.1, 0.15) is 0 Å². The SMILES string of the molecule is CC1(C)OC(CC#N)CC(CC(=O)N2CCCCC2)O1. The van der Waals surface area contributed by atoms with Crippen molar-refractivity contribution in [2.45, 2.75) is 70.4 Å². The first-order valence-corrected chi connectivity index (χ1v) is 7.50. The molecule has 2 heterocycles. The standard InChI is InChI=1S/C15H24N2O3/c1-15(2)19-12(6-7-16)10-13(20-15)11-14(18)17-8-4-3-5-9-17/h12-13H,3-6,8-11H2,1-2H3. The predicted molar refractivity (Wildman–Crippen MR) is 73.7 cm³/mol. The second-order valence-electron chi connectivity index (χ2n) is 6.12. The molecule has 0 aromatic heterocycles. The Bertz CT molecular complexity index is 383. The molecule has 112 valence electrons. The van der Waals surface area contributed by atoms with Gasteiger partial charge in [-0.25, -0.2) is 0 Å². The van der Waals surface area contributed by atoms with Crippen molar-refractivity contribution in [3.8, 4) is 6.07 Å². The Hall–Kier alpha value is -1.12. The van der Waals surface area contributed by atoms with Crippen molar-refractivity contribution in [2.24, 2.45) is 0 Å². The minimum atomic E-state index is -0.716. The molecule has 20 heavy (non-hydrogen) atoms. The molecule has 0 aromatic rings. The number of piperidine rings is 1. The number of nitriles is 1. The van der Waals surface area contributed by atoms with Gasteiger partial charge in [0, 0.05) is 19.5 Å². The van der Waals surface area contributed by atoms with E-state index in [1.165, 1.54) is 6.42 Å². The lowest BCUT2D eigenvalue weighted by molar-refractivity contribution is -0.298. The maximum Gasteiger partial charge on any atom is 0.225 e. The fourth-order valence-electron chi connectivity index (χ4n) is 3.04. The number of carbonyl (C=O) groups excluding carboxylic acids is 1. The summed E-state index contributed by atoms with van der Waals surface area (Å²) in [6.07, 6.45) is 4.50. The highest BCUT2D eigenvalue weighted by molar-refractivity contribution is 5.76. The highest BCUT2D eigenvalue weighted by Gasteiger charge is 2.36. The van der Waals surface area contributed by atoms with Crippen LogP contribution in [0.3, 0.4) is 0 Å². The second kappa shape index (κ2) is 6.55. The summed E-state index contributed by atoms with van der Waals surface area (Å²) in [6.45, 7) is 5.42. The highest BCUT2D eigenvalue weighted by atomic mass is 16.7. The quantitative estimate of drug-likeness (QED) is 0.795. The Morgan fingerprint density at radius 1 is 1.25 bits per heavy atom. The van der Waals surface area contributed by atoms with E-state index in [-0.39, 0.29) is 18.1 Å². The molecular weight excluding hydrogens is 256 g/mol. The molecule has 5 nitrogen and oxygen atoms in total. The van der Waals surface area contributed by atoms with Crippen molar-refractivity contribution in [3.63, 3.8) is 0 Å². The van der Waals surface area contributed by atoms with E-state index in [1.54, 1.807) is 0 Å². The average molecular weight is 280 g/mol. The van der Waals surface area contributed by atoms with Crippen molar-refractivity contribution in [1.82, 2.24) is 4.90 Å².